The van der Waals surface area contributed by atoms with Crippen LogP contribution in [0.1, 0.15) is 110 Å². The second kappa shape index (κ2) is 17.4. The van der Waals surface area contributed by atoms with Crippen LogP contribution in [0.25, 0.3) is 6.08 Å². The van der Waals surface area contributed by atoms with Gasteiger partial charge in [-0.3, -0.25) is 0 Å². The van der Waals surface area contributed by atoms with Gasteiger partial charge in [0.2, 0.25) is 0 Å². The largest absolute Gasteiger partial charge is 0.488 e. The Hall–Kier alpha value is -2.56. The molecule has 0 fully saturated rings. The molecular weight excluding hydrogens is 508 g/mol. The van der Waals surface area contributed by atoms with E-state index in [-0.39, 0.29) is 11.7 Å². The number of benzene rings is 2. The van der Waals surface area contributed by atoms with Gasteiger partial charge in [0.15, 0.2) is 0 Å². The van der Waals surface area contributed by atoms with E-state index >= 15 is 0 Å². The van der Waals surface area contributed by atoms with E-state index in [9.17, 15) is 0 Å². The van der Waals surface area contributed by atoms with Crippen molar-refractivity contribution in [2.24, 2.45) is 0 Å². The van der Waals surface area contributed by atoms with Crippen molar-refractivity contribution >= 4 is 6.08 Å². The van der Waals surface area contributed by atoms with Crippen molar-refractivity contribution in [1.82, 2.24) is 0 Å². The highest BCUT2D eigenvalue weighted by Gasteiger charge is 2.24. The highest BCUT2D eigenvalue weighted by Crippen LogP contribution is 2.40. The first-order chi connectivity index (χ1) is 19.9. The molecule has 0 bridgehead atoms. The third-order valence-corrected chi connectivity index (χ3v) is 7.90. The van der Waals surface area contributed by atoms with Crippen LogP contribution in [-0.4, -0.2) is 31.5 Å². The number of hydrogen-bond acceptors (Lipinski definition) is 4. The lowest BCUT2D eigenvalue weighted by atomic mass is 9.96. The molecule has 0 aromatic heterocycles. The Morgan fingerprint density at radius 3 is 2.49 bits per heavy atom. The minimum Gasteiger partial charge on any atom is -0.488 e. The molecule has 1 unspecified atom stereocenters. The summed E-state index contributed by atoms with van der Waals surface area (Å²) in [4.78, 5) is 0. The molecule has 226 valence electrons. The van der Waals surface area contributed by atoms with Gasteiger partial charge >= 0.3 is 0 Å². The fourth-order valence-corrected chi connectivity index (χ4v) is 4.97. The van der Waals surface area contributed by atoms with Crippen LogP contribution in [0.2, 0.25) is 0 Å². The maximum Gasteiger partial charge on any atom is 0.133 e. The van der Waals surface area contributed by atoms with E-state index in [2.05, 4.69) is 90.1 Å². The van der Waals surface area contributed by atoms with Crippen molar-refractivity contribution in [1.29, 1.82) is 0 Å². The smallest absolute Gasteiger partial charge is 0.133 e. The van der Waals surface area contributed by atoms with Gasteiger partial charge in [-0.1, -0.05) is 89.8 Å². The molecule has 1 atom stereocenters. The molecule has 4 heteroatoms. The van der Waals surface area contributed by atoms with Gasteiger partial charge in [-0.2, -0.15) is 0 Å². The monoisotopic (exact) mass is 562 g/mol. The van der Waals surface area contributed by atoms with Crippen LogP contribution >= 0.6 is 0 Å². The fraction of sp³-hybridized carbons (Fsp3) is 0.568. The van der Waals surface area contributed by atoms with Gasteiger partial charge in [-0.05, 0) is 80.9 Å². The molecule has 0 saturated carbocycles. The summed E-state index contributed by atoms with van der Waals surface area (Å²) in [5.41, 5.74) is 5.61. The Morgan fingerprint density at radius 2 is 1.78 bits per heavy atom. The zero-order valence-electron chi connectivity index (χ0n) is 26.6. The molecule has 1 aliphatic heterocycles. The quantitative estimate of drug-likeness (QED) is 0.160. The summed E-state index contributed by atoms with van der Waals surface area (Å²) in [7, 11) is 0. The summed E-state index contributed by atoms with van der Waals surface area (Å²) < 4.78 is 25.5. The molecule has 0 amide bonds. The predicted molar refractivity (Wildman–Crippen MR) is 172 cm³/mol. The summed E-state index contributed by atoms with van der Waals surface area (Å²) in [5.74, 6) is 1.91. The molecule has 0 saturated heterocycles. The molecule has 4 nitrogen and oxygen atoms in total. The topological polar surface area (TPSA) is 36.9 Å². The van der Waals surface area contributed by atoms with E-state index in [4.69, 9.17) is 18.9 Å². The third-order valence-electron chi connectivity index (χ3n) is 7.90. The second-order valence-electron chi connectivity index (χ2n) is 11.8. The Labute approximate surface area is 250 Å². The first-order valence-corrected chi connectivity index (χ1v) is 16.0. The maximum atomic E-state index is 6.51. The van der Waals surface area contributed by atoms with Crippen LogP contribution in [0.3, 0.4) is 0 Å². The van der Waals surface area contributed by atoms with Crippen LogP contribution in [-0.2, 0) is 22.5 Å². The number of hydrogen-bond donors (Lipinski definition) is 0. The number of ether oxygens (including phenoxy) is 4. The SMILES string of the molecule is CCCCCCOC(CC)C/C=C(\COCc1ccccc1)C1=Cc2ccc(OC(C)(C)CC)c(CCC)c2OC1. The van der Waals surface area contributed by atoms with Gasteiger partial charge < -0.3 is 18.9 Å². The summed E-state index contributed by atoms with van der Waals surface area (Å²) in [6, 6.07) is 14.6. The lowest BCUT2D eigenvalue weighted by Crippen LogP contribution is -2.27. The van der Waals surface area contributed by atoms with Crippen molar-refractivity contribution < 1.29 is 18.9 Å². The third kappa shape index (κ3) is 10.7. The molecule has 2 aromatic rings. The van der Waals surface area contributed by atoms with Crippen molar-refractivity contribution in [3.8, 4) is 11.5 Å². The maximum absolute atomic E-state index is 6.51. The molecule has 0 N–H and O–H groups in total. The first kappa shape index (κ1) is 32.9. The van der Waals surface area contributed by atoms with Gasteiger partial charge in [0.05, 0.1) is 19.3 Å². The zero-order chi connectivity index (χ0) is 29.5. The molecule has 0 aliphatic carbocycles. The van der Waals surface area contributed by atoms with E-state index < -0.39 is 0 Å². The number of fused-ring (bicyclic) bond motifs is 1. The first-order valence-electron chi connectivity index (χ1n) is 16.0. The fourth-order valence-electron chi connectivity index (χ4n) is 4.97. The number of rotatable bonds is 19. The molecule has 2 aromatic carbocycles. The van der Waals surface area contributed by atoms with E-state index in [1.807, 2.05) is 6.07 Å². The van der Waals surface area contributed by atoms with Gasteiger partial charge in [0, 0.05) is 17.7 Å². The molecule has 3 rings (SSSR count). The van der Waals surface area contributed by atoms with Crippen molar-refractivity contribution in [2.45, 2.75) is 118 Å². The van der Waals surface area contributed by atoms with Crippen LogP contribution in [0.4, 0.5) is 0 Å². The molecular formula is C37H54O4. The van der Waals surface area contributed by atoms with Crippen LogP contribution in [0, 0.1) is 0 Å². The van der Waals surface area contributed by atoms with Gasteiger partial charge in [0.1, 0.15) is 23.7 Å². The van der Waals surface area contributed by atoms with Crippen LogP contribution in [0.5, 0.6) is 11.5 Å². The molecule has 0 spiro atoms. The van der Waals surface area contributed by atoms with Gasteiger partial charge in [-0.15, -0.1) is 0 Å². The average Bonchev–Trinajstić information content (AvgIpc) is 2.99. The lowest BCUT2D eigenvalue weighted by Gasteiger charge is -2.29. The minimum absolute atomic E-state index is 0.216. The summed E-state index contributed by atoms with van der Waals surface area (Å²) in [5, 5.41) is 0. The second-order valence-corrected chi connectivity index (χ2v) is 11.8. The summed E-state index contributed by atoms with van der Waals surface area (Å²) in [6.45, 7) is 15.6. The predicted octanol–water partition coefficient (Wildman–Crippen LogP) is 9.89. The zero-order valence-corrected chi connectivity index (χ0v) is 26.6. The van der Waals surface area contributed by atoms with Crippen molar-refractivity contribution in [2.75, 3.05) is 19.8 Å². The van der Waals surface area contributed by atoms with Crippen molar-refractivity contribution in [3.05, 3.63) is 76.4 Å². The lowest BCUT2D eigenvalue weighted by molar-refractivity contribution is 0.0498. The van der Waals surface area contributed by atoms with Gasteiger partial charge in [-0.25, -0.2) is 0 Å². The highest BCUT2D eigenvalue weighted by atomic mass is 16.5. The molecule has 41 heavy (non-hydrogen) atoms. The standard InChI is InChI=1S/C37H54O4/c1-7-11-12-16-24-39-33(9-3)22-20-31(27-38-26-29-18-14-13-15-19-29)32-25-30-21-23-35(41-37(5,6)10-4)34(17-8-2)36(30)40-28-32/h13-15,18-21,23,25,33H,7-12,16-17,22,24,26-28H2,1-6H3/b31-20+. The van der Waals surface area contributed by atoms with E-state index in [1.165, 1.54) is 41.5 Å². The molecule has 0 radical (unpaired) electrons. The van der Waals surface area contributed by atoms with E-state index in [1.54, 1.807) is 0 Å². The van der Waals surface area contributed by atoms with Crippen molar-refractivity contribution in [3.63, 3.8) is 0 Å². The normalized spacial score (nSPS) is 14.3. The minimum atomic E-state index is -0.216. The Bertz CT molecular complexity index is 1100. The Morgan fingerprint density at radius 1 is 0.976 bits per heavy atom. The summed E-state index contributed by atoms with van der Waals surface area (Å²) >= 11 is 0. The van der Waals surface area contributed by atoms with Crippen LogP contribution in [0.15, 0.2) is 59.7 Å². The van der Waals surface area contributed by atoms with Gasteiger partial charge in [0.25, 0.3) is 0 Å². The van der Waals surface area contributed by atoms with E-state index in [0.29, 0.717) is 19.8 Å². The molecule has 1 heterocycles. The Balaban J connectivity index is 1.82. The Kier molecular flexibility index (Phi) is 14.0. The number of unbranched alkanes of at least 4 members (excludes halogenated alkanes) is 3. The van der Waals surface area contributed by atoms with E-state index in [0.717, 1.165) is 62.2 Å². The average molecular weight is 563 g/mol. The molecule has 1 aliphatic rings. The summed E-state index contributed by atoms with van der Waals surface area (Å²) in [6.07, 6.45) is 14.5. The highest BCUT2D eigenvalue weighted by molar-refractivity contribution is 5.70. The van der Waals surface area contributed by atoms with Crippen LogP contribution < -0.4 is 9.47 Å².